The van der Waals surface area contributed by atoms with Crippen molar-refractivity contribution >= 4 is 39.2 Å². The Morgan fingerprint density at radius 1 is 1.09 bits per heavy atom. The van der Waals surface area contributed by atoms with Crippen LogP contribution >= 0.6 is 0 Å². The number of nitrogens with zero attached hydrogens (tertiary/aromatic N) is 2. The maximum absolute atomic E-state index is 13.6. The number of anilines is 2. The number of hydrogen-bond acceptors (Lipinski definition) is 5. The Morgan fingerprint density at radius 2 is 1.85 bits per heavy atom. The van der Waals surface area contributed by atoms with Crippen molar-refractivity contribution < 1.29 is 9.21 Å². The van der Waals surface area contributed by atoms with Crippen LogP contribution in [0.4, 0.5) is 11.5 Å². The van der Waals surface area contributed by atoms with Gasteiger partial charge in [0.25, 0.3) is 5.56 Å². The zero-order valence-corrected chi connectivity index (χ0v) is 19.6. The molecule has 4 aromatic rings. The fourth-order valence-electron chi connectivity index (χ4n) is 4.32. The highest BCUT2D eigenvalue weighted by Crippen LogP contribution is 2.31. The first-order chi connectivity index (χ1) is 16.5. The molecule has 34 heavy (non-hydrogen) atoms. The third-order valence-electron chi connectivity index (χ3n) is 6.14. The molecule has 8 heteroatoms. The fraction of sp³-hybridized carbons (Fsp3) is 0.346. The van der Waals surface area contributed by atoms with E-state index in [9.17, 15) is 14.4 Å². The summed E-state index contributed by atoms with van der Waals surface area (Å²) in [6.07, 6.45) is 4.75. The molecule has 0 aliphatic carbocycles. The Morgan fingerprint density at radius 3 is 2.62 bits per heavy atom. The number of benzene rings is 2. The van der Waals surface area contributed by atoms with Gasteiger partial charge in [0, 0.05) is 24.0 Å². The number of hydrogen-bond donors (Lipinski definition) is 2. The summed E-state index contributed by atoms with van der Waals surface area (Å²) >= 11 is 0. The quantitative estimate of drug-likeness (QED) is 0.387. The molecule has 2 aromatic heterocycles. The normalized spacial score (nSPS) is 11.4. The van der Waals surface area contributed by atoms with Gasteiger partial charge in [0.1, 0.15) is 11.4 Å². The van der Waals surface area contributed by atoms with Gasteiger partial charge in [0.2, 0.25) is 5.91 Å². The average Bonchev–Trinajstić information content (AvgIpc) is 3.24. The number of furan rings is 1. The van der Waals surface area contributed by atoms with Gasteiger partial charge in [-0.15, -0.1) is 0 Å². The standard InChI is InChI=1S/C26H30N4O4/c1-3-5-13-29(23-24(27)30(14-6-4-2)26(33)28-25(23)32)21(31)15-18-16-34-20-12-11-17-9-7-8-10-19(17)22(18)20/h7-12,16H,3-6,13-15,27H2,1-2H3,(H,28,32,33). The molecule has 0 saturated carbocycles. The van der Waals surface area contributed by atoms with Gasteiger partial charge in [-0.05, 0) is 29.7 Å². The summed E-state index contributed by atoms with van der Waals surface area (Å²) in [7, 11) is 0. The van der Waals surface area contributed by atoms with E-state index < -0.39 is 11.2 Å². The molecule has 2 aromatic carbocycles. The molecule has 0 unspecified atom stereocenters. The highest BCUT2D eigenvalue weighted by atomic mass is 16.3. The van der Waals surface area contributed by atoms with Gasteiger partial charge in [-0.3, -0.25) is 19.1 Å². The predicted octanol–water partition coefficient (Wildman–Crippen LogP) is 4.19. The van der Waals surface area contributed by atoms with Crippen molar-refractivity contribution in [3.05, 3.63) is 69.1 Å². The zero-order chi connectivity index (χ0) is 24.2. The molecule has 8 nitrogen and oxygen atoms in total. The molecular weight excluding hydrogens is 432 g/mol. The van der Waals surface area contributed by atoms with Crippen LogP contribution < -0.4 is 21.9 Å². The van der Waals surface area contributed by atoms with E-state index in [2.05, 4.69) is 4.98 Å². The topological polar surface area (TPSA) is 114 Å². The summed E-state index contributed by atoms with van der Waals surface area (Å²) in [5.74, 6) is -0.254. The first-order valence-corrected chi connectivity index (χ1v) is 11.8. The Kier molecular flexibility index (Phi) is 6.86. The number of carbonyl (C=O) groups excluding carboxylic acids is 1. The molecule has 3 N–H and O–H groups in total. The lowest BCUT2D eigenvalue weighted by atomic mass is 10.0. The van der Waals surface area contributed by atoms with Crippen molar-refractivity contribution in [2.45, 2.75) is 52.5 Å². The molecule has 0 saturated heterocycles. The SMILES string of the molecule is CCCCN(C(=O)Cc1coc2ccc3ccccc3c12)c1c(N)n(CCCC)c(=O)[nH]c1=O. The van der Waals surface area contributed by atoms with E-state index in [1.807, 2.05) is 50.2 Å². The minimum atomic E-state index is -0.651. The summed E-state index contributed by atoms with van der Waals surface area (Å²) in [6.45, 7) is 4.71. The second-order valence-electron chi connectivity index (χ2n) is 8.49. The second-order valence-corrected chi connectivity index (χ2v) is 8.49. The maximum Gasteiger partial charge on any atom is 0.330 e. The van der Waals surface area contributed by atoms with Crippen LogP contribution in [-0.4, -0.2) is 22.0 Å². The second kappa shape index (κ2) is 9.99. The van der Waals surface area contributed by atoms with E-state index >= 15 is 0 Å². The summed E-state index contributed by atoms with van der Waals surface area (Å²) in [4.78, 5) is 42.5. The van der Waals surface area contributed by atoms with Crippen molar-refractivity contribution in [1.82, 2.24) is 9.55 Å². The smallest absolute Gasteiger partial charge is 0.330 e. The molecule has 1 amide bonds. The molecule has 178 valence electrons. The summed E-state index contributed by atoms with van der Waals surface area (Å²) in [6, 6.07) is 11.8. The van der Waals surface area contributed by atoms with Gasteiger partial charge in [-0.2, -0.15) is 0 Å². The van der Waals surface area contributed by atoms with Gasteiger partial charge in [-0.1, -0.05) is 57.0 Å². The van der Waals surface area contributed by atoms with Crippen molar-refractivity contribution in [3.8, 4) is 0 Å². The molecule has 2 heterocycles. The van der Waals surface area contributed by atoms with Crippen LogP contribution in [-0.2, 0) is 17.8 Å². The number of rotatable bonds is 9. The minimum Gasteiger partial charge on any atom is -0.464 e. The molecule has 0 aliphatic rings. The molecule has 0 radical (unpaired) electrons. The number of aromatic amines is 1. The van der Waals surface area contributed by atoms with Crippen LogP contribution in [0.1, 0.15) is 45.1 Å². The monoisotopic (exact) mass is 462 g/mol. The average molecular weight is 463 g/mol. The molecule has 0 spiro atoms. The molecule has 0 bridgehead atoms. The van der Waals surface area contributed by atoms with Crippen molar-refractivity contribution in [1.29, 1.82) is 0 Å². The van der Waals surface area contributed by atoms with Crippen molar-refractivity contribution in [2.24, 2.45) is 0 Å². The van der Waals surface area contributed by atoms with E-state index in [0.29, 0.717) is 25.1 Å². The number of nitrogens with one attached hydrogen (secondary N) is 1. The summed E-state index contributed by atoms with van der Waals surface area (Å²) in [5, 5.41) is 2.94. The zero-order valence-electron chi connectivity index (χ0n) is 19.6. The van der Waals surface area contributed by atoms with Gasteiger partial charge in [0.15, 0.2) is 5.69 Å². The van der Waals surface area contributed by atoms with Crippen LogP contribution in [0.5, 0.6) is 0 Å². The molecule has 0 fully saturated rings. The van der Waals surface area contributed by atoms with Crippen LogP contribution in [0.2, 0.25) is 0 Å². The van der Waals surface area contributed by atoms with Crippen LogP contribution in [0.25, 0.3) is 21.7 Å². The Balaban J connectivity index is 1.77. The largest absolute Gasteiger partial charge is 0.464 e. The molecule has 0 aliphatic heterocycles. The number of H-pyrrole nitrogens is 1. The Bertz CT molecular complexity index is 1450. The van der Waals surface area contributed by atoms with E-state index in [1.165, 1.54) is 9.47 Å². The van der Waals surface area contributed by atoms with Crippen molar-refractivity contribution in [3.63, 3.8) is 0 Å². The minimum absolute atomic E-state index is 0.0224. The van der Waals surface area contributed by atoms with E-state index in [1.54, 1.807) is 6.26 Å². The highest BCUT2D eigenvalue weighted by molar-refractivity contribution is 6.09. The lowest BCUT2D eigenvalue weighted by molar-refractivity contribution is -0.118. The third-order valence-corrected chi connectivity index (χ3v) is 6.14. The lowest BCUT2D eigenvalue weighted by Gasteiger charge is -2.24. The first kappa shape index (κ1) is 23.4. The number of nitrogen functional groups attached to an aromatic ring is 1. The number of fused-ring (bicyclic) bond motifs is 3. The number of aromatic nitrogens is 2. The maximum atomic E-state index is 13.6. The van der Waals surface area contributed by atoms with Gasteiger partial charge >= 0.3 is 5.69 Å². The van der Waals surface area contributed by atoms with Crippen LogP contribution in [0.3, 0.4) is 0 Å². The molecule has 4 rings (SSSR count). The van der Waals surface area contributed by atoms with Gasteiger partial charge in [0.05, 0.1) is 12.7 Å². The third kappa shape index (κ3) is 4.35. The highest BCUT2D eigenvalue weighted by Gasteiger charge is 2.25. The summed E-state index contributed by atoms with van der Waals surface area (Å²) < 4.78 is 7.08. The van der Waals surface area contributed by atoms with Gasteiger partial charge < -0.3 is 15.1 Å². The Labute approximate surface area is 197 Å². The van der Waals surface area contributed by atoms with Crippen LogP contribution in [0.15, 0.2) is 56.7 Å². The fourth-order valence-corrected chi connectivity index (χ4v) is 4.32. The Hall–Kier alpha value is -3.81. The predicted molar refractivity (Wildman–Crippen MR) is 135 cm³/mol. The number of amides is 1. The summed E-state index contributed by atoms with van der Waals surface area (Å²) in [5.41, 5.74) is 6.57. The van der Waals surface area contributed by atoms with E-state index in [4.69, 9.17) is 10.2 Å². The van der Waals surface area contributed by atoms with Crippen LogP contribution in [0, 0.1) is 0 Å². The number of nitrogens with two attached hydrogens (primary N) is 1. The first-order valence-electron chi connectivity index (χ1n) is 11.8. The number of carbonyl (C=O) groups is 1. The molecular formula is C26H30N4O4. The lowest BCUT2D eigenvalue weighted by Crippen LogP contribution is -2.42. The van der Waals surface area contributed by atoms with Gasteiger partial charge in [-0.25, -0.2) is 4.79 Å². The van der Waals surface area contributed by atoms with E-state index in [-0.39, 0.29) is 23.8 Å². The number of unbranched alkanes of at least 4 members (excludes halogenated alkanes) is 2. The molecule has 0 atom stereocenters. The van der Waals surface area contributed by atoms with Crippen molar-refractivity contribution in [2.75, 3.05) is 17.2 Å². The van der Waals surface area contributed by atoms with E-state index in [0.717, 1.165) is 41.0 Å².